The van der Waals surface area contributed by atoms with Gasteiger partial charge in [-0.3, -0.25) is 0 Å². The van der Waals surface area contributed by atoms with E-state index in [4.69, 9.17) is 37.3 Å². The molecule has 1 aliphatic carbocycles. The molecule has 272 valence electrons. The van der Waals surface area contributed by atoms with E-state index >= 15 is 0 Å². The van der Waals surface area contributed by atoms with Crippen molar-refractivity contribution >= 4 is 34.1 Å². The minimum Gasteiger partial charge on any atom is -0.488 e. The molecule has 9 heteroatoms. The van der Waals surface area contributed by atoms with Gasteiger partial charge in [0.05, 0.1) is 46.0 Å². The topological polar surface area (TPSA) is 102 Å². The Hall–Kier alpha value is -4.57. The summed E-state index contributed by atoms with van der Waals surface area (Å²) in [4.78, 5) is 11.9. The van der Waals surface area contributed by atoms with Crippen molar-refractivity contribution in [1.82, 2.24) is 0 Å². The fourth-order valence-corrected chi connectivity index (χ4v) is 7.42. The van der Waals surface area contributed by atoms with Gasteiger partial charge in [-0.15, -0.1) is 0 Å². The molecule has 8 rings (SSSR count). The molecule has 0 bridgehead atoms. The number of epoxide rings is 1. The van der Waals surface area contributed by atoms with E-state index in [1.54, 1.807) is 12.3 Å². The second-order valence-corrected chi connectivity index (χ2v) is 15.4. The monoisotopic (exact) mass is 706 g/mol. The zero-order chi connectivity index (χ0) is 36.3. The molecule has 9 nitrogen and oxygen atoms in total. The standard InChI is InChI=1S/C43H46O9/c1-26(10-13-36-41(3,4)50-36)18-22-47-40-31-16-20-43(49-35(31)25-33-32(40)19-23-45-33)51-37(42(5,6)52-43)14-11-27(2)17-21-46-39-29-9-7-8-28(29)24-34-30(39)12-15-38(44)48-34/h7,9,12,15-20,23-25,36-37H,8,10-11,13-14,21-22H2,1-6H3/b26-18+,27-17+/t36?,37-,43+/m1/s1. The molecule has 2 aromatic carbocycles. The summed E-state index contributed by atoms with van der Waals surface area (Å²) < 4.78 is 49.3. The van der Waals surface area contributed by atoms with E-state index < -0.39 is 11.6 Å². The lowest BCUT2D eigenvalue weighted by atomic mass is 9.96. The van der Waals surface area contributed by atoms with Crippen LogP contribution in [0.25, 0.3) is 34.1 Å². The smallest absolute Gasteiger partial charge is 0.350 e. The van der Waals surface area contributed by atoms with Gasteiger partial charge in [-0.1, -0.05) is 23.3 Å². The molecule has 1 spiro atoms. The fourth-order valence-electron chi connectivity index (χ4n) is 7.42. The third kappa shape index (κ3) is 6.73. The molecule has 4 aromatic rings. The fraction of sp³-hybridized carbons (Fsp3) is 0.419. The van der Waals surface area contributed by atoms with E-state index in [0.29, 0.717) is 42.0 Å². The van der Waals surface area contributed by atoms with E-state index in [0.717, 1.165) is 65.3 Å². The van der Waals surface area contributed by atoms with Crippen LogP contribution in [0.5, 0.6) is 17.2 Å². The molecule has 3 atom stereocenters. The number of hydrogen-bond acceptors (Lipinski definition) is 9. The number of allylic oxidation sites excluding steroid dienone is 3. The molecule has 5 heterocycles. The Labute approximate surface area is 303 Å². The van der Waals surface area contributed by atoms with E-state index in [1.165, 1.54) is 17.2 Å². The van der Waals surface area contributed by atoms with Gasteiger partial charge in [-0.25, -0.2) is 4.79 Å². The Bertz CT molecular complexity index is 2210. The zero-order valence-corrected chi connectivity index (χ0v) is 30.7. The molecule has 52 heavy (non-hydrogen) atoms. The molecule has 4 aliphatic rings. The van der Waals surface area contributed by atoms with Gasteiger partial charge in [0.25, 0.3) is 0 Å². The van der Waals surface area contributed by atoms with E-state index in [-0.39, 0.29) is 17.3 Å². The first-order valence-electron chi connectivity index (χ1n) is 18.2. The molecule has 2 fully saturated rings. The van der Waals surface area contributed by atoms with E-state index in [9.17, 15) is 4.79 Å². The molecule has 0 radical (unpaired) electrons. The van der Waals surface area contributed by atoms with Gasteiger partial charge in [0.15, 0.2) is 0 Å². The van der Waals surface area contributed by atoms with Crippen molar-refractivity contribution in [2.45, 2.75) is 103 Å². The first kappa shape index (κ1) is 34.5. The van der Waals surface area contributed by atoms with Gasteiger partial charge < -0.3 is 37.3 Å². The number of ether oxygens (including phenoxy) is 6. The third-order valence-electron chi connectivity index (χ3n) is 10.6. The highest BCUT2D eigenvalue weighted by Gasteiger charge is 2.54. The van der Waals surface area contributed by atoms with Gasteiger partial charge in [0.1, 0.15) is 41.6 Å². The summed E-state index contributed by atoms with van der Waals surface area (Å²) in [5.74, 6) is 0.648. The summed E-state index contributed by atoms with van der Waals surface area (Å²) in [5, 5.41) is 1.67. The average Bonchev–Trinajstić information content (AvgIpc) is 3.49. The van der Waals surface area contributed by atoms with Crippen molar-refractivity contribution in [3.05, 3.63) is 99.2 Å². The van der Waals surface area contributed by atoms with Crippen molar-refractivity contribution in [2.75, 3.05) is 13.2 Å². The van der Waals surface area contributed by atoms with Crippen molar-refractivity contribution in [2.24, 2.45) is 0 Å². The van der Waals surface area contributed by atoms with Gasteiger partial charge in [0, 0.05) is 23.8 Å². The largest absolute Gasteiger partial charge is 0.488 e. The van der Waals surface area contributed by atoms with Gasteiger partial charge in [-0.05, 0) is 116 Å². The summed E-state index contributed by atoms with van der Waals surface area (Å²) in [6.07, 6.45) is 18.2. The lowest BCUT2D eigenvalue weighted by Gasteiger charge is -2.30. The average molecular weight is 707 g/mol. The van der Waals surface area contributed by atoms with Gasteiger partial charge >= 0.3 is 11.6 Å². The Kier molecular flexibility index (Phi) is 8.71. The van der Waals surface area contributed by atoms with Crippen LogP contribution >= 0.6 is 0 Å². The molecule has 0 N–H and O–H groups in total. The van der Waals surface area contributed by atoms with Crippen LogP contribution < -0.4 is 19.8 Å². The number of benzene rings is 2. The van der Waals surface area contributed by atoms with Gasteiger partial charge in [-0.2, -0.15) is 0 Å². The number of hydrogen-bond donors (Lipinski definition) is 0. The van der Waals surface area contributed by atoms with E-state index in [1.807, 2.05) is 44.2 Å². The molecule has 0 saturated carbocycles. The quantitative estimate of drug-likeness (QED) is 0.0810. The second-order valence-electron chi connectivity index (χ2n) is 15.4. The zero-order valence-electron chi connectivity index (χ0n) is 30.7. The molecule has 3 aliphatic heterocycles. The SMILES string of the molecule is C/C(=C\COc1c2c(cc3occc13)O[C@@]1(C=C2)O[C@H](CC/C(C)=C/COc2c3c(cc4oc(=O)ccc24)CC=C3)C(C)(C)O1)CCC1OC1(C)C. The predicted octanol–water partition coefficient (Wildman–Crippen LogP) is 9.45. The lowest BCUT2D eigenvalue weighted by molar-refractivity contribution is -0.270. The summed E-state index contributed by atoms with van der Waals surface area (Å²) in [6.45, 7) is 13.4. The van der Waals surface area contributed by atoms with Crippen LogP contribution in [0.15, 0.2) is 85.7 Å². The first-order valence-corrected chi connectivity index (χ1v) is 18.2. The van der Waals surface area contributed by atoms with Crippen LogP contribution in [0, 0.1) is 0 Å². The Morgan fingerprint density at radius 3 is 2.21 bits per heavy atom. The lowest BCUT2D eigenvalue weighted by Crippen LogP contribution is -2.38. The van der Waals surface area contributed by atoms with Crippen molar-refractivity contribution in [1.29, 1.82) is 0 Å². The maximum Gasteiger partial charge on any atom is 0.350 e. The summed E-state index contributed by atoms with van der Waals surface area (Å²) in [5.41, 5.74) is 5.61. The van der Waals surface area contributed by atoms with Crippen LogP contribution in [-0.4, -0.2) is 42.6 Å². The molecule has 1 unspecified atom stereocenters. The summed E-state index contributed by atoms with van der Waals surface area (Å²) in [6, 6.07) is 8.92. The Morgan fingerprint density at radius 2 is 1.50 bits per heavy atom. The minimum atomic E-state index is -1.37. The third-order valence-corrected chi connectivity index (χ3v) is 10.6. The number of fused-ring (bicyclic) bond motifs is 4. The minimum absolute atomic E-state index is 0.00525. The van der Waals surface area contributed by atoms with Crippen molar-refractivity contribution in [3.8, 4) is 17.2 Å². The highest BCUT2D eigenvalue weighted by atomic mass is 16.9. The predicted molar refractivity (Wildman–Crippen MR) is 200 cm³/mol. The molecule has 2 aromatic heterocycles. The Balaban J connectivity index is 0.915. The molecular formula is C43H46O9. The summed E-state index contributed by atoms with van der Waals surface area (Å²) >= 11 is 0. The maximum atomic E-state index is 11.9. The van der Waals surface area contributed by atoms with Crippen LogP contribution in [0.4, 0.5) is 0 Å². The number of furan rings is 1. The van der Waals surface area contributed by atoms with Crippen molar-refractivity contribution in [3.63, 3.8) is 0 Å². The van der Waals surface area contributed by atoms with Crippen molar-refractivity contribution < 1.29 is 37.3 Å². The molecular weight excluding hydrogens is 660 g/mol. The van der Waals surface area contributed by atoms with Crippen LogP contribution in [0.1, 0.15) is 83.9 Å². The van der Waals surface area contributed by atoms with Gasteiger partial charge in [0.2, 0.25) is 0 Å². The Morgan fingerprint density at radius 1 is 0.827 bits per heavy atom. The second kappa shape index (κ2) is 13.1. The first-order chi connectivity index (χ1) is 24.9. The van der Waals surface area contributed by atoms with Crippen LogP contribution in [0.2, 0.25) is 0 Å². The maximum absolute atomic E-state index is 11.9. The highest BCUT2D eigenvalue weighted by Crippen LogP contribution is 2.48. The molecule has 2 saturated heterocycles. The van der Waals surface area contributed by atoms with E-state index in [2.05, 4.69) is 52.0 Å². The normalized spacial score (nSPS) is 24.0. The highest BCUT2D eigenvalue weighted by molar-refractivity contribution is 5.92. The van der Waals surface area contributed by atoms with Crippen LogP contribution in [-0.2, 0) is 20.6 Å². The molecule has 0 amide bonds. The number of rotatable bonds is 12. The summed E-state index contributed by atoms with van der Waals surface area (Å²) in [7, 11) is 0. The van der Waals surface area contributed by atoms with Crippen LogP contribution in [0.3, 0.4) is 0 Å².